The van der Waals surface area contributed by atoms with Crippen LogP contribution in [0.25, 0.3) is 0 Å². The lowest BCUT2D eigenvalue weighted by atomic mass is 10.4. The zero-order chi connectivity index (χ0) is 11.0. The number of thiol groups is 1. The Hall–Kier alpha value is -0.690. The minimum absolute atomic E-state index is 0.0493. The minimum atomic E-state index is 0.0493. The molecule has 0 N–H and O–H groups in total. The second kappa shape index (κ2) is 4.05. The largest absolute Gasteiger partial charge is 0.278 e. The van der Waals surface area contributed by atoms with Gasteiger partial charge in [-0.3, -0.25) is 9.69 Å². The fourth-order valence-electron chi connectivity index (χ4n) is 1.53. The molecular formula is C8H12N4OS2. The first-order valence-electron chi connectivity index (χ1n) is 4.55. The van der Waals surface area contributed by atoms with Gasteiger partial charge in [0.1, 0.15) is 0 Å². The predicted octanol–water partition coefficient (Wildman–Crippen LogP) is 0.572. The van der Waals surface area contributed by atoms with E-state index in [0.717, 1.165) is 5.16 Å². The van der Waals surface area contributed by atoms with Gasteiger partial charge in [0.25, 0.3) is 5.95 Å². The van der Waals surface area contributed by atoms with Gasteiger partial charge in [0.2, 0.25) is 5.91 Å². The van der Waals surface area contributed by atoms with E-state index in [-0.39, 0.29) is 11.2 Å². The standard InChI is InChI=1S/C8H12N4OS2/c1-11-8(15-2)9-7(10-11)12-4-5(14)3-6(12)13/h5,14H,3-4H2,1-2H3. The van der Waals surface area contributed by atoms with Crippen molar-refractivity contribution in [2.45, 2.75) is 16.8 Å². The van der Waals surface area contributed by atoms with Gasteiger partial charge in [-0.05, 0) is 6.26 Å². The molecule has 82 valence electrons. The first kappa shape index (κ1) is 10.8. The number of aryl methyl sites for hydroxylation is 1. The summed E-state index contributed by atoms with van der Waals surface area (Å²) in [7, 11) is 1.82. The zero-order valence-electron chi connectivity index (χ0n) is 8.54. The van der Waals surface area contributed by atoms with Crippen LogP contribution in [0.4, 0.5) is 5.95 Å². The zero-order valence-corrected chi connectivity index (χ0v) is 10.3. The van der Waals surface area contributed by atoms with Crippen LogP contribution in [-0.4, -0.2) is 38.7 Å². The molecule has 7 heteroatoms. The molecule has 1 aromatic heterocycles. The average molecular weight is 244 g/mol. The molecule has 1 fully saturated rings. The van der Waals surface area contributed by atoms with Crippen LogP contribution >= 0.6 is 24.4 Å². The highest BCUT2D eigenvalue weighted by Crippen LogP contribution is 2.23. The van der Waals surface area contributed by atoms with Crippen LogP contribution in [0, 0.1) is 0 Å². The highest BCUT2D eigenvalue weighted by molar-refractivity contribution is 7.98. The molecule has 1 aliphatic heterocycles. The van der Waals surface area contributed by atoms with Gasteiger partial charge >= 0.3 is 0 Å². The Morgan fingerprint density at radius 3 is 2.80 bits per heavy atom. The molecule has 0 aromatic carbocycles. The lowest BCUT2D eigenvalue weighted by Gasteiger charge is -2.09. The van der Waals surface area contributed by atoms with Gasteiger partial charge in [0.15, 0.2) is 5.16 Å². The van der Waals surface area contributed by atoms with Gasteiger partial charge in [-0.1, -0.05) is 11.8 Å². The fourth-order valence-corrected chi connectivity index (χ4v) is 2.33. The average Bonchev–Trinajstić information content (AvgIpc) is 2.69. The molecule has 1 atom stereocenters. The van der Waals surface area contributed by atoms with Crippen LogP contribution in [0.2, 0.25) is 0 Å². The van der Waals surface area contributed by atoms with Crippen molar-refractivity contribution in [2.75, 3.05) is 17.7 Å². The maximum atomic E-state index is 11.6. The van der Waals surface area contributed by atoms with E-state index in [2.05, 4.69) is 22.7 Å². The Bertz CT molecular complexity index is 392. The Morgan fingerprint density at radius 1 is 1.60 bits per heavy atom. The quantitative estimate of drug-likeness (QED) is 0.610. The molecular weight excluding hydrogens is 232 g/mol. The monoisotopic (exact) mass is 244 g/mol. The summed E-state index contributed by atoms with van der Waals surface area (Å²) in [5, 5.41) is 5.11. The highest BCUT2D eigenvalue weighted by atomic mass is 32.2. The molecule has 1 saturated heterocycles. The lowest BCUT2D eigenvalue weighted by Crippen LogP contribution is -2.25. The summed E-state index contributed by atoms with van der Waals surface area (Å²) in [5.74, 6) is 0.539. The van der Waals surface area contributed by atoms with Crippen molar-refractivity contribution in [1.82, 2.24) is 14.8 Å². The number of hydrogen-bond acceptors (Lipinski definition) is 5. The molecule has 2 rings (SSSR count). The molecule has 0 spiro atoms. The van der Waals surface area contributed by atoms with Gasteiger partial charge in [0, 0.05) is 25.3 Å². The molecule has 0 saturated carbocycles. The summed E-state index contributed by atoms with van der Waals surface area (Å²) in [6.07, 6.45) is 2.40. The van der Waals surface area contributed by atoms with Crippen molar-refractivity contribution in [3.8, 4) is 0 Å². The highest BCUT2D eigenvalue weighted by Gasteiger charge is 2.31. The van der Waals surface area contributed by atoms with Crippen molar-refractivity contribution in [3.63, 3.8) is 0 Å². The molecule has 1 aliphatic rings. The number of anilines is 1. The maximum Gasteiger partial charge on any atom is 0.252 e. The van der Waals surface area contributed by atoms with Crippen LogP contribution in [-0.2, 0) is 11.8 Å². The molecule has 1 amide bonds. The van der Waals surface area contributed by atoms with E-state index in [1.807, 2.05) is 13.3 Å². The van der Waals surface area contributed by atoms with Gasteiger partial charge < -0.3 is 0 Å². The van der Waals surface area contributed by atoms with E-state index in [9.17, 15) is 4.79 Å². The predicted molar refractivity (Wildman–Crippen MR) is 62.5 cm³/mol. The van der Waals surface area contributed by atoms with Crippen LogP contribution in [0.1, 0.15) is 6.42 Å². The van der Waals surface area contributed by atoms with Crippen LogP contribution < -0.4 is 4.90 Å². The Morgan fingerprint density at radius 2 is 2.33 bits per heavy atom. The first-order valence-corrected chi connectivity index (χ1v) is 6.29. The Labute approximate surface area is 97.6 Å². The SMILES string of the molecule is CSc1nc(N2CC(S)CC2=O)nn1C. The van der Waals surface area contributed by atoms with E-state index in [0.29, 0.717) is 18.9 Å². The Balaban J connectivity index is 2.26. The number of rotatable bonds is 2. The second-order valence-electron chi connectivity index (χ2n) is 3.38. The molecule has 0 radical (unpaired) electrons. The summed E-state index contributed by atoms with van der Waals surface area (Å²) in [4.78, 5) is 17.5. The molecule has 5 nitrogen and oxygen atoms in total. The third-order valence-electron chi connectivity index (χ3n) is 2.24. The number of aromatic nitrogens is 3. The third kappa shape index (κ3) is 1.98. The minimum Gasteiger partial charge on any atom is -0.278 e. The first-order chi connectivity index (χ1) is 7.11. The van der Waals surface area contributed by atoms with Crippen LogP contribution in [0.3, 0.4) is 0 Å². The van der Waals surface area contributed by atoms with E-state index in [1.165, 1.54) is 11.8 Å². The molecule has 15 heavy (non-hydrogen) atoms. The van der Waals surface area contributed by atoms with Crippen molar-refractivity contribution < 1.29 is 4.79 Å². The summed E-state index contributed by atoms with van der Waals surface area (Å²) in [6, 6.07) is 0. The van der Waals surface area contributed by atoms with Crippen molar-refractivity contribution in [3.05, 3.63) is 0 Å². The number of nitrogens with zero attached hydrogens (tertiary/aromatic N) is 4. The van der Waals surface area contributed by atoms with Gasteiger partial charge in [-0.2, -0.15) is 17.6 Å². The number of carbonyl (C=O) groups is 1. The molecule has 2 heterocycles. The number of carbonyl (C=O) groups excluding carboxylic acids is 1. The maximum absolute atomic E-state index is 11.6. The van der Waals surface area contributed by atoms with Crippen LogP contribution in [0.5, 0.6) is 0 Å². The normalized spacial score (nSPS) is 21.4. The van der Waals surface area contributed by atoms with Crippen molar-refractivity contribution >= 4 is 36.2 Å². The van der Waals surface area contributed by atoms with Crippen molar-refractivity contribution in [2.24, 2.45) is 7.05 Å². The van der Waals surface area contributed by atoms with E-state index in [1.54, 1.807) is 9.58 Å². The van der Waals surface area contributed by atoms with E-state index in [4.69, 9.17) is 0 Å². The second-order valence-corrected chi connectivity index (χ2v) is 4.89. The summed E-state index contributed by atoms with van der Waals surface area (Å²) >= 11 is 5.80. The van der Waals surface area contributed by atoms with Gasteiger partial charge in [-0.25, -0.2) is 4.68 Å². The number of thioether (sulfide) groups is 1. The van der Waals surface area contributed by atoms with Gasteiger partial charge in [0.05, 0.1) is 0 Å². The number of amides is 1. The number of hydrogen-bond donors (Lipinski definition) is 1. The molecule has 1 aromatic rings. The van der Waals surface area contributed by atoms with Gasteiger partial charge in [-0.15, -0.1) is 5.10 Å². The topological polar surface area (TPSA) is 51.0 Å². The third-order valence-corrected chi connectivity index (χ3v) is 3.31. The van der Waals surface area contributed by atoms with Crippen molar-refractivity contribution in [1.29, 1.82) is 0 Å². The van der Waals surface area contributed by atoms with E-state index < -0.39 is 0 Å². The molecule has 0 aliphatic carbocycles. The van der Waals surface area contributed by atoms with E-state index >= 15 is 0 Å². The summed E-state index contributed by atoms with van der Waals surface area (Å²) in [6.45, 7) is 0.597. The summed E-state index contributed by atoms with van der Waals surface area (Å²) < 4.78 is 1.68. The summed E-state index contributed by atoms with van der Waals surface area (Å²) in [5.41, 5.74) is 0. The molecule has 0 bridgehead atoms. The fraction of sp³-hybridized carbons (Fsp3) is 0.625. The molecule has 1 unspecified atom stereocenters. The van der Waals surface area contributed by atoms with Crippen LogP contribution in [0.15, 0.2) is 5.16 Å². The Kier molecular flexibility index (Phi) is 2.92. The smallest absolute Gasteiger partial charge is 0.252 e. The lowest BCUT2D eigenvalue weighted by molar-refractivity contribution is -0.117.